The summed E-state index contributed by atoms with van der Waals surface area (Å²) in [5.41, 5.74) is 9.66. The molecule has 0 N–H and O–H groups in total. The number of aromatic nitrogens is 3. The number of rotatable bonds is 4. The maximum absolute atomic E-state index is 5.23. The lowest BCUT2D eigenvalue weighted by atomic mass is 10.1. The molecule has 0 aliphatic heterocycles. The summed E-state index contributed by atoms with van der Waals surface area (Å²) >= 11 is 1.73. The lowest BCUT2D eigenvalue weighted by molar-refractivity contribution is 0.568. The first-order chi connectivity index (χ1) is 19.3. The normalized spacial score (nSPS) is 11.6. The number of fused-ring (bicyclic) bond motifs is 4. The zero-order valence-electron chi connectivity index (χ0n) is 20.8. The molecule has 0 radical (unpaired) electrons. The maximum Gasteiger partial charge on any atom is 0.124 e. The van der Waals surface area contributed by atoms with E-state index in [2.05, 4.69) is 102 Å². The van der Waals surface area contributed by atoms with Crippen molar-refractivity contribution in [3.8, 4) is 38.6 Å². The third-order valence-corrected chi connectivity index (χ3v) is 8.32. The zero-order valence-corrected chi connectivity index (χ0v) is 21.6. The van der Waals surface area contributed by atoms with Crippen molar-refractivity contribution in [1.82, 2.24) is 14.5 Å². The zero-order chi connectivity index (χ0) is 25.8. The number of thiazole rings is 1. The van der Waals surface area contributed by atoms with Crippen LogP contribution in [0.2, 0.25) is 0 Å². The van der Waals surface area contributed by atoms with Crippen LogP contribution in [0, 0.1) is 0 Å². The second-order valence-electron chi connectivity index (χ2n) is 9.57. The van der Waals surface area contributed by atoms with Gasteiger partial charge in [0.25, 0.3) is 0 Å². The Morgan fingerprint density at radius 2 is 1.51 bits per heavy atom. The summed E-state index contributed by atoms with van der Waals surface area (Å²) in [5.74, 6) is 0. The highest BCUT2D eigenvalue weighted by Gasteiger charge is 2.15. The molecule has 8 rings (SSSR count). The molecule has 0 unspecified atom stereocenters. The van der Waals surface area contributed by atoms with E-state index in [-0.39, 0.29) is 0 Å². The third kappa shape index (κ3) is 3.67. The fraction of sp³-hybridized carbons (Fsp3) is 0. The van der Waals surface area contributed by atoms with Crippen molar-refractivity contribution in [2.24, 2.45) is 0 Å². The Balaban J connectivity index is 1.28. The lowest BCUT2D eigenvalue weighted by Gasteiger charge is -2.11. The van der Waals surface area contributed by atoms with Crippen LogP contribution in [-0.2, 0) is 0 Å². The van der Waals surface area contributed by atoms with Crippen molar-refractivity contribution in [3.63, 3.8) is 0 Å². The van der Waals surface area contributed by atoms with E-state index in [4.69, 9.17) is 14.4 Å². The van der Waals surface area contributed by atoms with Gasteiger partial charge in [0, 0.05) is 44.9 Å². The smallest absolute Gasteiger partial charge is 0.124 e. The summed E-state index contributed by atoms with van der Waals surface area (Å²) in [4.78, 5) is 9.69. The van der Waals surface area contributed by atoms with Gasteiger partial charge in [-0.1, -0.05) is 60.7 Å². The summed E-state index contributed by atoms with van der Waals surface area (Å²) in [6.07, 6.45) is 5.32. The van der Waals surface area contributed by atoms with Crippen molar-refractivity contribution >= 4 is 43.4 Å². The molecular weight excluding hydrogens is 498 g/mol. The predicted octanol–water partition coefficient (Wildman–Crippen LogP) is 9.38. The SMILES string of the molecule is c1cc(-c2ccc(-c3ccoc3)cn2)cc(-n2c3ccccc3c3ccc(-c4nc5ccccc5s4)cc32)c1. The lowest BCUT2D eigenvalue weighted by Crippen LogP contribution is -1.95. The van der Waals surface area contributed by atoms with Crippen molar-refractivity contribution in [3.05, 3.63) is 128 Å². The number of nitrogens with zero attached hydrogens (tertiary/aromatic N) is 3. The molecule has 0 saturated heterocycles. The molecule has 0 aliphatic rings. The van der Waals surface area contributed by atoms with E-state index in [0.717, 1.165) is 49.7 Å². The summed E-state index contributed by atoms with van der Waals surface area (Å²) in [6, 6.07) is 38.3. The van der Waals surface area contributed by atoms with Crippen molar-refractivity contribution in [1.29, 1.82) is 0 Å². The van der Waals surface area contributed by atoms with Crippen LogP contribution < -0.4 is 0 Å². The quantitative estimate of drug-likeness (QED) is 0.233. The molecule has 4 nitrogen and oxygen atoms in total. The van der Waals surface area contributed by atoms with Crippen LogP contribution >= 0.6 is 11.3 Å². The van der Waals surface area contributed by atoms with Gasteiger partial charge in [0.05, 0.1) is 39.5 Å². The maximum atomic E-state index is 5.23. The molecule has 4 aromatic carbocycles. The van der Waals surface area contributed by atoms with Gasteiger partial charge in [0.15, 0.2) is 0 Å². The van der Waals surface area contributed by atoms with E-state index in [1.54, 1.807) is 23.9 Å². The molecule has 0 spiro atoms. The van der Waals surface area contributed by atoms with Crippen LogP contribution in [0.4, 0.5) is 0 Å². The summed E-state index contributed by atoms with van der Waals surface area (Å²) < 4.78 is 8.78. The number of para-hydroxylation sites is 2. The highest BCUT2D eigenvalue weighted by atomic mass is 32.1. The van der Waals surface area contributed by atoms with Crippen LogP contribution in [0.5, 0.6) is 0 Å². The molecule has 0 atom stereocenters. The highest BCUT2D eigenvalue weighted by Crippen LogP contribution is 2.37. The van der Waals surface area contributed by atoms with Crippen molar-refractivity contribution in [2.45, 2.75) is 0 Å². The van der Waals surface area contributed by atoms with Crippen LogP contribution in [0.15, 0.2) is 132 Å². The number of furan rings is 1. The first kappa shape index (κ1) is 22.0. The fourth-order valence-corrected chi connectivity index (χ4v) is 6.31. The van der Waals surface area contributed by atoms with Crippen LogP contribution in [0.25, 0.3) is 70.7 Å². The molecule has 0 bridgehead atoms. The number of pyridine rings is 1. The van der Waals surface area contributed by atoms with E-state index >= 15 is 0 Å². The van der Waals surface area contributed by atoms with E-state index in [9.17, 15) is 0 Å². The Morgan fingerprint density at radius 3 is 2.38 bits per heavy atom. The molecular formula is C34H21N3OS. The van der Waals surface area contributed by atoms with Gasteiger partial charge < -0.3 is 8.98 Å². The number of hydrogen-bond acceptors (Lipinski definition) is 4. The van der Waals surface area contributed by atoms with Crippen LogP contribution in [0.3, 0.4) is 0 Å². The summed E-state index contributed by atoms with van der Waals surface area (Å²) in [6.45, 7) is 0. The first-order valence-electron chi connectivity index (χ1n) is 12.8. The average Bonchev–Trinajstić information content (AvgIpc) is 3.75. The Labute approximate surface area is 228 Å². The molecule has 0 amide bonds. The largest absolute Gasteiger partial charge is 0.472 e. The van der Waals surface area contributed by atoms with Crippen LogP contribution in [0.1, 0.15) is 0 Å². The van der Waals surface area contributed by atoms with E-state index in [1.807, 2.05) is 18.3 Å². The number of hydrogen-bond donors (Lipinski definition) is 0. The molecule has 39 heavy (non-hydrogen) atoms. The van der Waals surface area contributed by atoms with Gasteiger partial charge in [-0.2, -0.15) is 0 Å². The predicted molar refractivity (Wildman–Crippen MR) is 160 cm³/mol. The second-order valence-corrected chi connectivity index (χ2v) is 10.6. The Morgan fingerprint density at radius 1 is 0.641 bits per heavy atom. The van der Waals surface area contributed by atoms with E-state index in [0.29, 0.717) is 0 Å². The molecule has 4 heterocycles. The van der Waals surface area contributed by atoms with Gasteiger partial charge in [0.2, 0.25) is 0 Å². The standard InChI is InChI=1S/C34H21N3OS/c1-3-10-31-27(8-1)28-14-12-23(34-36-30-9-2-4-11-33(30)39-34)19-32(28)37(31)26-7-5-6-22(18-26)29-15-13-24(20-35-29)25-16-17-38-21-25/h1-21H. The van der Waals surface area contributed by atoms with Crippen molar-refractivity contribution < 1.29 is 4.42 Å². The Hall–Kier alpha value is -5.00. The van der Waals surface area contributed by atoms with Gasteiger partial charge in [-0.3, -0.25) is 4.98 Å². The molecule has 184 valence electrons. The van der Waals surface area contributed by atoms with Crippen molar-refractivity contribution in [2.75, 3.05) is 0 Å². The molecule has 0 aliphatic carbocycles. The highest BCUT2D eigenvalue weighted by molar-refractivity contribution is 7.21. The summed E-state index contributed by atoms with van der Waals surface area (Å²) in [5, 5.41) is 3.49. The topological polar surface area (TPSA) is 43.9 Å². The van der Waals surface area contributed by atoms with E-state index < -0.39 is 0 Å². The van der Waals surface area contributed by atoms with Crippen LogP contribution in [-0.4, -0.2) is 14.5 Å². The molecule has 8 aromatic rings. The number of benzene rings is 4. The van der Waals surface area contributed by atoms with Gasteiger partial charge in [0.1, 0.15) is 5.01 Å². The Kier molecular flexibility index (Phi) is 4.96. The second kappa shape index (κ2) is 8.79. The van der Waals surface area contributed by atoms with Gasteiger partial charge in [-0.05, 0) is 48.5 Å². The first-order valence-corrected chi connectivity index (χ1v) is 13.6. The minimum absolute atomic E-state index is 0.931. The molecule has 0 saturated carbocycles. The summed E-state index contributed by atoms with van der Waals surface area (Å²) in [7, 11) is 0. The molecule has 0 fully saturated rings. The van der Waals surface area contributed by atoms with Gasteiger partial charge >= 0.3 is 0 Å². The minimum atomic E-state index is 0.931. The third-order valence-electron chi connectivity index (χ3n) is 7.23. The Bertz CT molecular complexity index is 2090. The molecule has 4 aromatic heterocycles. The van der Waals surface area contributed by atoms with E-state index in [1.165, 1.54) is 21.0 Å². The van der Waals surface area contributed by atoms with Gasteiger partial charge in [-0.15, -0.1) is 11.3 Å². The minimum Gasteiger partial charge on any atom is -0.472 e. The molecule has 5 heteroatoms. The van der Waals surface area contributed by atoms with Gasteiger partial charge in [-0.25, -0.2) is 4.98 Å². The average molecular weight is 520 g/mol. The monoisotopic (exact) mass is 519 g/mol. The fourth-order valence-electron chi connectivity index (χ4n) is 5.35.